The second kappa shape index (κ2) is 7.21. The van der Waals surface area contributed by atoms with E-state index in [9.17, 15) is 0 Å². The average molecular weight is 351 g/mol. The van der Waals surface area contributed by atoms with Gasteiger partial charge >= 0.3 is 0 Å². The lowest BCUT2D eigenvalue weighted by atomic mass is 9.93. The molecule has 1 saturated carbocycles. The maximum absolute atomic E-state index is 6.04. The summed E-state index contributed by atoms with van der Waals surface area (Å²) in [4.78, 5) is 13.3. The van der Waals surface area contributed by atoms with Gasteiger partial charge in [0.15, 0.2) is 0 Å². The van der Waals surface area contributed by atoms with Crippen LogP contribution in [0.25, 0.3) is 11.3 Å². The number of nitrogens with two attached hydrogens (primary N) is 1. The first-order chi connectivity index (χ1) is 12.3. The van der Waals surface area contributed by atoms with Gasteiger partial charge in [-0.1, -0.05) is 24.6 Å². The first-order valence-electron chi connectivity index (χ1n) is 8.54. The second-order valence-corrected chi connectivity index (χ2v) is 7.22. The highest BCUT2D eigenvalue weighted by atomic mass is 32.1. The molecule has 5 nitrogen and oxygen atoms in total. The Morgan fingerprint density at radius 2 is 2.12 bits per heavy atom. The summed E-state index contributed by atoms with van der Waals surface area (Å²) in [5, 5.41) is 5.52. The highest BCUT2D eigenvalue weighted by Gasteiger charge is 2.16. The Morgan fingerprint density at radius 1 is 1.28 bits per heavy atom. The van der Waals surface area contributed by atoms with E-state index < -0.39 is 0 Å². The molecular formula is C19H21N5S. The van der Waals surface area contributed by atoms with Gasteiger partial charge < -0.3 is 16.0 Å². The zero-order valence-corrected chi connectivity index (χ0v) is 14.7. The quantitative estimate of drug-likeness (QED) is 0.467. The minimum atomic E-state index is 0.550. The molecule has 2 heterocycles. The van der Waals surface area contributed by atoms with Crippen LogP contribution in [0.2, 0.25) is 0 Å². The molecule has 0 atom stereocenters. The lowest BCUT2D eigenvalue weighted by molar-refractivity contribution is 0.336. The van der Waals surface area contributed by atoms with Crippen LogP contribution in [0.4, 0.5) is 5.69 Å². The fourth-order valence-corrected chi connectivity index (χ4v) is 3.41. The van der Waals surface area contributed by atoms with E-state index in [2.05, 4.69) is 20.3 Å². The van der Waals surface area contributed by atoms with E-state index in [0.29, 0.717) is 11.9 Å². The number of H-pyrrole nitrogens is 1. The third kappa shape index (κ3) is 3.81. The topological polar surface area (TPSA) is 79.1 Å². The number of nitrogens with zero attached hydrogens (tertiary/aromatic N) is 2. The molecule has 3 aromatic rings. The van der Waals surface area contributed by atoms with Gasteiger partial charge in [-0.25, -0.2) is 9.98 Å². The van der Waals surface area contributed by atoms with Crippen molar-refractivity contribution in [3.05, 3.63) is 58.7 Å². The van der Waals surface area contributed by atoms with Gasteiger partial charge in [0.05, 0.1) is 29.0 Å². The highest BCUT2D eigenvalue weighted by molar-refractivity contribution is 7.12. The number of nitrogens with one attached hydrogen (secondary N) is 2. The van der Waals surface area contributed by atoms with Gasteiger partial charge in [-0.3, -0.25) is 0 Å². The molecule has 128 valence electrons. The molecule has 1 aliphatic rings. The maximum atomic E-state index is 6.04. The molecule has 2 aromatic heterocycles. The molecule has 0 radical (unpaired) electrons. The fraction of sp³-hybridized carbons (Fsp3) is 0.263. The first kappa shape index (κ1) is 16.1. The van der Waals surface area contributed by atoms with Gasteiger partial charge in [0, 0.05) is 6.04 Å². The van der Waals surface area contributed by atoms with Crippen molar-refractivity contribution >= 4 is 22.9 Å². The van der Waals surface area contributed by atoms with Gasteiger partial charge in [0.2, 0.25) is 0 Å². The predicted molar refractivity (Wildman–Crippen MR) is 103 cm³/mol. The number of amidine groups is 1. The molecular weight excluding hydrogens is 330 g/mol. The Balaban J connectivity index is 1.43. The van der Waals surface area contributed by atoms with Crippen LogP contribution in [-0.4, -0.2) is 21.8 Å². The Hall–Kier alpha value is -2.44. The van der Waals surface area contributed by atoms with Crippen molar-refractivity contribution in [1.29, 1.82) is 0 Å². The van der Waals surface area contributed by atoms with E-state index >= 15 is 0 Å². The molecule has 4 N–H and O–H groups in total. The van der Waals surface area contributed by atoms with Crippen LogP contribution in [0.3, 0.4) is 0 Å². The number of aromatic nitrogens is 2. The lowest BCUT2D eigenvalue weighted by Crippen LogP contribution is -2.34. The largest absolute Gasteiger partial charge is 0.383 e. The van der Waals surface area contributed by atoms with Crippen molar-refractivity contribution in [2.75, 3.05) is 0 Å². The normalized spacial score (nSPS) is 15.3. The second-order valence-electron chi connectivity index (χ2n) is 6.27. The smallest absolute Gasteiger partial charge is 0.141 e. The molecule has 0 saturated heterocycles. The van der Waals surface area contributed by atoms with E-state index in [1.54, 1.807) is 11.3 Å². The van der Waals surface area contributed by atoms with Gasteiger partial charge in [0.1, 0.15) is 11.7 Å². The Morgan fingerprint density at radius 3 is 2.80 bits per heavy atom. The van der Waals surface area contributed by atoms with E-state index in [1.165, 1.54) is 19.3 Å². The van der Waals surface area contributed by atoms with E-state index in [-0.39, 0.29) is 0 Å². The number of imidazole rings is 1. The number of hydrogen-bond acceptors (Lipinski definition) is 4. The van der Waals surface area contributed by atoms with E-state index in [4.69, 9.17) is 5.73 Å². The lowest BCUT2D eigenvalue weighted by Gasteiger charge is -2.25. The Kier molecular flexibility index (Phi) is 4.63. The third-order valence-corrected chi connectivity index (χ3v) is 5.39. The molecule has 0 aliphatic heterocycles. The van der Waals surface area contributed by atoms with Crippen molar-refractivity contribution in [1.82, 2.24) is 15.3 Å². The molecule has 6 heteroatoms. The number of rotatable bonds is 6. The maximum Gasteiger partial charge on any atom is 0.141 e. The fourth-order valence-electron chi connectivity index (χ4n) is 2.79. The number of benzene rings is 1. The van der Waals surface area contributed by atoms with Crippen LogP contribution < -0.4 is 11.1 Å². The number of aliphatic imine (C=N–C) groups is 1. The average Bonchev–Trinajstić information content (AvgIpc) is 3.26. The van der Waals surface area contributed by atoms with Crippen LogP contribution in [-0.2, 0) is 6.54 Å². The van der Waals surface area contributed by atoms with Crippen molar-refractivity contribution < 1.29 is 0 Å². The summed E-state index contributed by atoms with van der Waals surface area (Å²) in [5.74, 6) is 1.53. The van der Waals surface area contributed by atoms with Gasteiger partial charge in [-0.15, -0.1) is 11.3 Å². The summed E-state index contributed by atoms with van der Waals surface area (Å²) in [7, 11) is 0. The standard InChI is InChI=1S/C19H21N5S/c20-19(17-5-2-10-25-17)23-15-8-6-13(7-9-15)16-11-22-18(24-16)12-21-14-3-1-4-14/h2,5-11,14,21H,1,3-4,12H2,(H2,20,23)(H,22,24). The first-order valence-corrected chi connectivity index (χ1v) is 9.41. The van der Waals surface area contributed by atoms with Crippen molar-refractivity contribution in [3.63, 3.8) is 0 Å². The highest BCUT2D eigenvalue weighted by Crippen LogP contribution is 2.23. The van der Waals surface area contributed by atoms with Crippen LogP contribution >= 0.6 is 11.3 Å². The molecule has 1 fully saturated rings. The zero-order valence-electron chi connectivity index (χ0n) is 13.9. The third-order valence-electron chi connectivity index (χ3n) is 4.49. The zero-order chi connectivity index (χ0) is 17.1. The minimum absolute atomic E-state index is 0.550. The van der Waals surface area contributed by atoms with Crippen molar-refractivity contribution in [2.45, 2.75) is 31.8 Å². The number of aromatic amines is 1. The number of hydrogen-bond donors (Lipinski definition) is 3. The van der Waals surface area contributed by atoms with E-state index in [1.807, 2.05) is 48.0 Å². The predicted octanol–water partition coefficient (Wildman–Crippen LogP) is 3.82. The molecule has 4 rings (SSSR count). The van der Waals surface area contributed by atoms with Gasteiger partial charge in [0.25, 0.3) is 0 Å². The summed E-state index contributed by atoms with van der Waals surface area (Å²) in [6.07, 6.45) is 5.79. The van der Waals surface area contributed by atoms with Crippen LogP contribution in [0.15, 0.2) is 53.0 Å². The monoisotopic (exact) mass is 351 g/mol. The molecule has 0 bridgehead atoms. The van der Waals surface area contributed by atoms with Crippen LogP contribution in [0, 0.1) is 0 Å². The van der Waals surface area contributed by atoms with Crippen molar-refractivity contribution in [3.8, 4) is 11.3 Å². The molecule has 0 amide bonds. The molecule has 0 spiro atoms. The molecule has 1 aliphatic carbocycles. The number of thiophene rings is 1. The van der Waals surface area contributed by atoms with Crippen LogP contribution in [0.1, 0.15) is 30.0 Å². The molecule has 25 heavy (non-hydrogen) atoms. The van der Waals surface area contributed by atoms with Gasteiger partial charge in [-0.2, -0.15) is 0 Å². The van der Waals surface area contributed by atoms with Crippen molar-refractivity contribution in [2.24, 2.45) is 10.7 Å². The molecule has 1 aromatic carbocycles. The summed E-state index contributed by atoms with van der Waals surface area (Å²) in [6, 6.07) is 12.6. The summed E-state index contributed by atoms with van der Waals surface area (Å²) >= 11 is 1.59. The summed E-state index contributed by atoms with van der Waals surface area (Å²) in [6.45, 7) is 0.796. The SMILES string of the molecule is NC(=Nc1ccc(-c2cnc(CNC3CCC3)[nH]2)cc1)c1cccs1. The summed E-state index contributed by atoms with van der Waals surface area (Å²) in [5.41, 5.74) is 9.00. The van der Waals surface area contributed by atoms with E-state index in [0.717, 1.165) is 34.2 Å². The van der Waals surface area contributed by atoms with Crippen LogP contribution in [0.5, 0.6) is 0 Å². The minimum Gasteiger partial charge on any atom is -0.383 e. The summed E-state index contributed by atoms with van der Waals surface area (Å²) < 4.78 is 0. The Bertz CT molecular complexity index is 844. The Labute approximate surface area is 151 Å². The molecule has 0 unspecified atom stereocenters. The van der Waals surface area contributed by atoms with Gasteiger partial charge in [-0.05, 0) is 42.0 Å².